The zero-order valence-corrected chi connectivity index (χ0v) is 13.6. The minimum absolute atomic E-state index is 0.00644. The Morgan fingerprint density at radius 3 is 2.30 bits per heavy atom. The van der Waals surface area contributed by atoms with E-state index in [0.29, 0.717) is 6.04 Å². The Bertz CT molecular complexity index is 630. The van der Waals surface area contributed by atoms with Gasteiger partial charge in [-0.25, -0.2) is 0 Å². The van der Waals surface area contributed by atoms with Gasteiger partial charge in [0, 0.05) is 11.7 Å². The van der Waals surface area contributed by atoms with Gasteiger partial charge in [-0.2, -0.15) is 0 Å². The summed E-state index contributed by atoms with van der Waals surface area (Å²) in [6.45, 7) is 2.04. The van der Waals surface area contributed by atoms with Crippen LogP contribution in [0.3, 0.4) is 0 Å². The number of carbonyl (C=O) groups excluding carboxylic acids is 1. The first-order chi connectivity index (χ1) is 11.2. The van der Waals surface area contributed by atoms with Gasteiger partial charge in [-0.15, -0.1) is 0 Å². The second-order valence-corrected chi connectivity index (χ2v) is 6.35. The maximum Gasteiger partial charge on any atom is 0.246 e. The van der Waals surface area contributed by atoms with Gasteiger partial charge in [0.25, 0.3) is 0 Å². The van der Waals surface area contributed by atoms with Gasteiger partial charge in [0.05, 0.1) is 0 Å². The van der Waals surface area contributed by atoms with E-state index >= 15 is 0 Å². The van der Waals surface area contributed by atoms with Crippen LogP contribution in [-0.4, -0.2) is 11.9 Å². The van der Waals surface area contributed by atoms with E-state index in [4.69, 9.17) is 0 Å². The maximum atomic E-state index is 12.8. The van der Waals surface area contributed by atoms with Crippen LogP contribution in [0.25, 0.3) is 0 Å². The SMILES string of the molecule is Cc1ccc(NC(=O)C(NC2CCCC2)c2ccccc2)cc1. The topological polar surface area (TPSA) is 41.1 Å². The van der Waals surface area contributed by atoms with Crippen molar-refractivity contribution in [3.8, 4) is 0 Å². The smallest absolute Gasteiger partial charge is 0.246 e. The second kappa shape index (κ2) is 7.42. The van der Waals surface area contributed by atoms with Crippen LogP contribution in [0, 0.1) is 6.92 Å². The lowest BCUT2D eigenvalue weighted by molar-refractivity contribution is -0.118. The molecule has 0 saturated heterocycles. The molecule has 3 heteroatoms. The molecule has 1 aliphatic carbocycles. The lowest BCUT2D eigenvalue weighted by atomic mass is 10.0. The molecule has 0 heterocycles. The number of rotatable bonds is 5. The Balaban J connectivity index is 1.76. The highest BCUT2D eigenvalue weighted by atomic mass is 16.2. The highest BCUT2D eigenvalue weighted by molar-refractivity contribution is 5.95. The first-order valence-corrected chi connectivity index (χ1v) is 8.41. The van der Waals surface area contributed by atoms with Gasteiger partial charge in [-0.05, 0) is 37.5 Å². The Morgan fingerprint density at radius 1 is 1.00 bits per heavy atom. The molecule has 0 bridgehead atoms. The summed E-state index contributed by atoms with van der Waals surface area (Å²) in [5.41, 5.74) is 3.05. The predicted octanol–water partition coefficient (Wildman–Crippen LogP) is 4.21. The summed E-state index contributed by atoms with van der Waals surface area (Å²) < 4.78 is 0. The molecule has 1 fully saturated rings. The molecule has 3 rings (SSSR count). The average molecular weight is 308 g/mol. The van der Waals surface area contributed by atoms with E-state index in [0.717, 1.165) is 24.1 Å². The molecule has 2 N–H and O–H groups in total. The van der Waals surface area contributed by atoms with Crippen LogP contribution in [0.15, 0.2) is 54.6 Å². The van der Waals surface area contributed by atoms with Crippen molar-refractivity contribution in [2.75, 3.05) is 5.32 Å². The van der Waals surface area contributed by atoms with Gasteiger partial charge in [0.15, 0.2) is 0 Å². The molecule has 2 aromatic rings. The van der Waals surface area contributed by atoms with E-state index in [-0.39, 0.29) is 11.9 Å². The summed E-state index contributed by atoms with van der Waals surface area (Å²) in [5, 5.41) is 6.59. The van der Waals surface area contributed by atoms with Gasteiger partial charge in [0.1, 0.15) is 6.04 Å². The highest BCUT2D eigenvalue weighted by Gasteiger charge is 2.25. The largest absolute Gasteiger partial charge is 0.324 e. The van der Waals surface area contributed by atoms with E-state index in [1.54, 1.807) is 0 Å². The third kappa shape index (κ3) is 4.20. The van der Waals surface area contributed by atoms with Crippen LogP contribution in [-0.2, 0) is 4.79 Å². The summed E-state index contributed by atoms with van der Waals surface area (Å²) in [7, 11) is 0. The molecule has 1 atom stereocenters. The monoisotopic (exact) mass is 308 g/mol. The van der Waals surface area contributed by atoms with Gasteiger partial charge < -0.3 is 5.32 Å². The van der Waals surface area contributed by atoms with E-state index in [1.807, 2.05) is 61.5 Å². The van der Waals surface area contributed by atoms with Crippen molar-refractivity contribution >= 4 is 11.6 Å². The Morgan fingerprint density at radius 2 is 1.65 bits per heavy atom. The van der Waals surface area contributed by atoms with Crippen LogP contribution in [0.1, 0.15) is 42.9 Å². The Hall–Kier alpha value is -2.13. The van der Waals surface area contributed by atoms with Crippen molar-refractivity contribution in [2.24, 2.45) is 0 Å². The van der Waals surface area contributed by atoms with Crippen molar-refractivity contribution < 1.29 is 4.79 Å². The number of hydrogen-bond donors (Lipinski definition) is 2. The lowest BCUT2D eigenvalue weighted by Crippen LogP contribution is -2.38. The highest BCUT2D eigenvalue weighted by Crippen LogP contribution is 2.23. The standard InChI is InChI=1S/C20H24N2O/c1-15-11-13-18(14-12-15)22-20(23)19(16-7-3-2-4-8-16)21-17-9-5-6-10-17/h2-4,7-8,11-14,17,19,21H,5-6,9-10H2,1H3,(H,22,23). The molecule has 0 aromatic heterocycles. The first-order valence-electron chi connectivity index (χ1n) is 8.41. The minimum atomic E-state index is -0.305. The van der Waals surface area contributed by atoms with Gasteiger partial charge >= 0.3 is 0 Å². The second-order valence-electron chi connectivity index (χ2n) is 6.35. The minimum Gasteiger partial charge on any atom is -0.324 e. The Kier molecular flexibility index (Phi) is 5.09. The molecular weight excluding hydrogens is 284 g/mol. The van der Waals surface area contributed by atoms with Crippen molar-refractivity contribution in [1.29, 1.82) is 0 Å². The lowest BCUT2D eigenvalue weighted by Gasteiger charge is -2.23. The summed E-state index contributed by atoms with van der Waals surface area (Å²) in [6.07, 6.45) is 4.81. The number of aryl methyl sites for hydroxylation is 1. The number of benzene rings is 2. The van der Waals surface area contributed by atoms with Gasteiger partial charge in [-0.3, -0.25) is 10.1 Å². The van der Waals surface area contributed by atoms with Crippen molar-refractivity contribution in [2.45, 2.75) is 44.7 Å². The molecule has 1 amide bonds. The number of hydrogen-bond acceptors (Lipinski definition) is 2. The molecule has 1 saturated carbocycles. The van der Waals surface area contributed by atoms with Gasteiger partial charge in [-0.1, -0.05) is 60.9 Å². The van der Waals surface area contributed by atoms with Crippen molar-refractivity contribution in [3.05, 3.63) is 65.7 Å². The van der Waals surface area contributed by atoms with Crippen LogP contribution in [0.2, 0.25) is 0 Å². The van der Waals surface area contributed by atoms with Crippen LogP contribution in [0.5, 0.6) is 0 Å². The zero-order valence-electron chi connectivity index (χ0n) is 13.6. The van der Waals surface area contributed by atoms with E-state index < -0.39 is 0 Å². The van der Waals surface area contributed by atoms with Crippen LogP contribution in [0.4, 0.5) is 5.69 Å². The van der Waals surface area contributed by atoms with E-state index in [1.165, 1.54) is 18.4 Å². The number of nitrogens with one attached hydrogen (secondary N) is 2. The molecular formula is C20H24N2O. The maximum absolute atomic E-state index is 12.8. The molecule has 23 heavy (non-hydrogen) atoms. The summed E-state index contributed by atoms with van der Waals surface area (Å²) in [6, 6.07) is 18.0. The summed E-state index contributed by atoms with van der Waals surface area (Å²) in [4.78, 5) is 12.8. The molecule has 3 nitrogen and oxygen atoms in total. The van der Waals surface area contributed by atoms with Crippen LogP contribution >= 0.6 is 0 Å². The predicted molar refractivity (Wildman–Crippen MR) is 94.4 cm³/mol. The quantitative estimate of drug-likeness (QED) is 0.869. The summed E-state index contributed by atoms with van der Waals surface area (Å²) >= 11 is 0. The fourth-order valence-corrected chi connectivity index (χ4v) is 3.15. The molecule has 0 radical (unpaired) electrons. The Labute approximate surface area is 138 Å². The number of amides is 1. The number of carbonyl (C=O) groups is 1. The molecule has 1 unspecified atom stereocenters. The van der Waals surface area contributed by atoms with Crippen LogP contribution < -0.4 is 10.6 Å². The fraction of sp³-hybridized carbons (Fsp3) is 0.350. The fourth-order valence-electron chi connectivity index (χ4n) is 3.15. The van der Waals surface area contributed by atoms with Crippen molar-refractivity contribution in [1.82, 2.24) is 5.32 Å². The number of anilines is 1. The van der Waals surface area contributed by atoms with E-state index in [2.05, 4.69) is 10.6 Å². The molecule has 2 aromatic carbocycles. The van der Waals surface area contributed by atoms with Crippen molar-refractivity contribution in [3.63, 3.8) is 0 Å². The molecule has 1 aliphatic rings. The normalized spacial score (nSPS) is 16.2. The zero-order chi connectivity index (χ0) is 16.1. The molecule has 0 spiro atoms. The molecule has 120 valence electrons. The molecule has 0 aliphatic heterocycles. The first kappa shape index (κ1) is 15.8. The summed E-state index contributed by atoms with van der Waals surface area (Å²) in [5.74, 6) is 0.00644. The van der Waals surface area contributed by atoms with Gasteiger partial charge in [0.2, 0.25) is 5.91 Å². The van der Waals surface area contributed by atoms with E-state index in [9.17, 15) is 4.79 Å². The third-order valence-corrected chi connectivity index (χ3v) is 4.47. The average Bonchev–Trinajstić information content (AvgIpc) is 3.09. The third-order valence-electron chi connectivity index (χ3n) is 4.47.